The molecule has 3 N–H and O–H groups in total. The fourth-order valence-electron chi connectivity index (χ4n) is 8.59. The number of rotatable bonds is 52. The van der Waals surface area contributed by atoms with E-state index < -0.39 is 12.1 Å². The van der Waals surface area contributed by atoms with Crippen molar-refractivity contribution in [2.45, 2.75) is 309 Å². The van der Waals surface area contributed by atoms with Gasteiger partial charge in [-0.15, -0.1) is 0 Å². The van der Waals surface area contributed by atoms with Crippen molar-refractivity contribution in [2.24, 2.45) is 0 Å². The molecule has 0 saturated heterocycles. The lowest BCUT2D eigenvalue weighted by molar-refractivity contribution is -0.143. The summed E-state index contributed by atoms with van der Waals surface area (Å²) in [5.41, 5.74) is 0. The number of allylic oxidation sites excluding steroid dienone is 4. The number of amides is 1. The number of aliphatic hydroxyl groups excluding tert-OH is 2. The van der Waals surface area contributed by atoms with Gasteiger partial charge in [0.05, 0.1) is 25.4 Å². The van der Waals surface area contributed by atoms with Crippen molar-refractivity contribution in [1.82, 2.24) is 5.32 Å². The van der Waals surface area contributed by atoms with Gasteiger partial charge in [-0.25, -0.2) is 0 Å². The molecule has 0 bridgehead atoms. The first-order valence-electron chi connectivity index (χ1n) is 28.3. The highest BCUT2D eigenvalue weighted by Crippen LogP contribution is 2.16. The molecular weight excluding hydrogens is 791 g/mol. The van der Waals surface area contributed by atoms with E-state index in [2.05, 4.69) is 43.5 Å². The van der Waals surface area contributed by atoms with Crippen LogP contribution < -0.4 is 5.32 Å². The van der Waals surface area contributed by atoms with Gasteiger partial charge in [-0.1, -0.05) is 269 Å². The Balaban J connectivity index is 3.47. The number of hydrogen-bond acceptors (Lipinski definition) is 5. The molecule has 0 aliphatic rings. The number of unbranched alkanes of at least 4 members (excludes halogenated alkanes) is 37. The molecule has 0 spiro atoms. The Kier molecular flexibility index (Phi) is 52.1. The largest absolute Gasteiger partial charge is 0.465 e. The summed E-state index contributed by atoms with van der Waals surface area (Å²) in [6, 6.07) is -0.631. The van der Waals surface area contributed by atoms with Gasteiger partial charge >= 0.3 is 5.97 Å². The van der Waals surface area contributed by atoms with Gasteiger partial charge in [-0.3, -0.25) is 9.59 Å². The summed E-state index contributed by atoms with van der Waals surface area (Å²) in [7, 11) is 0. The molecule has 64 heavy (non-hydrogen) atoms. The Morgan fingerprint density at radius 1 is 0.438 bits per heavy atom. The van der Waals surface area contributed by atoms with Gasteiger partial charge in [0.1, 0.15) is 0 Å². The van der Waals surface area contributed by atoms with Crippen molar-refractivity contribution >= 4 is 11.9 Å². The van der Waals surface area contributed by atoms with Gasteiger partial charge in [0.25, 0.3) is 0 Å². The van der Waals surface area contributed by atoms with Crippen LogP contribution in [0.2, 0.25) is 0 Å². The fraction of sp³-hybridized carbons (Fsp3) is 0.862. The quantitative estimate of drug-likeness (QED) is 0.0321. The molecular formula is C58H109NO5. The smallest absolute Gasteiger partial charge is 0.305 e. The van der Waals surface area contributed by atoms with Gasteiger partial charge in [-0.2, -0.15) is 0 Å². The van der Waals surface area contributed by atoms with Crippen LogP contribution in [-0.2, 0) is 14.3 Å². The maximum atomic E-state index is 12.4. The Bertz CT molecular complexity index is 1040. The molecule has 6 nitrogen and oxygen atoms in total. The second kappa shape index (κ2) is 53.7. The highest BCUT2D eigenvalue weighted by molar-refractivity contribution is 5.76. The van der Waals surface area contributed by atoms with E-state index in [1.54, 1.807) is 6.08 Å². The molecule has 1 amide bonds. The van der Waals surface area contributed by atoms with Crippen LogP contribution in [0.1, 0.15) is 296 Å². The Morgan fingerprint density at radius 2 is 0.781 bits per heavy atom. The lowest BCUT2D eigenvalue weighted by Gasteiger charge is -2.20. The van der Waals surface area contributed by atoms with E-state index in [9.17, 15) is 19.8 Å². The topological polar surface area (TPSA) is 95.9 Å². The van der Waals surface area contributed by atoms with Crippen LogP contribution in [0, 0.1) is 0 Å². The third-order valence-corrected chi connectivity index (χ3v) is 12.9. The first kappa shape index (κ1) is 62.1. The average molecular weight is 901 g/mol. The van der Waals surface area contributed by atoms with E-state index in [0.29, 0.717) is 19.4 Å². The molecule has 0 heterocycles. The highest BCUT2D eigenvalue weighted by Gasteiger charge is 2.18. The number of esters is 1. The van der Waals surface area contributed by atoms with Crippen molar-refractivity contribution in [3.05, 3.63) is 36.5 Å². The summed E-state index contributed by atoms with van der Waals surface area (Å²) in [4.78, 5) is 24.4. The van der Waals surface area contributed by atoms with Crippen LogP contribution in [0.5, 0.6) is 0 Å². The molecule has 2 atom stereocenters. The standard InChI is InChI=1S/C58H109NO5/c1-3-5-7-9-11-13-15-26-30-34-38-42-46-50-56(61)55(54-60)59-57(62)51-47-43-39-35-31-28-24-22-20-18-17-19-21-23-25-29-33-37-41-45-49-53-64-58(63)52-48-44-40-36-32-27-16-14-12-10-8-6-4-2/h29,33,41,45-46,50,55-56,60-61H,3-28,30-32,34-40,42-44,47-49,51-54H2,1-2H3,(H,59,62)/b33-29-,45-41-,50-46+. The number of hydrogen-bond donors (Lipinski definition) is 3. The second-order valence-corrected chi connectivity index (χ2v) is 19.3. The van der Waals surface area contributed by atoms with Gasteiger partial charge in [-0.05, 0) is 51.4 Å². The minimum absolute atomic E-state index is 0.0346. The predicted molar refractivity (Wildman–Crippen MR) is 278 cm³/mol. The van der Waals surface area contributed by atoms with E-state index in [1.165, 1.54) is 218 Å². The average Bonchev–Trinajstić information content (AvgIpc) is 3.29. The summed E-state index contributed by atoms with van der Waals surface area (Å²) in [5, 5.41) is 23.0. The lowest BCUT2D eigenvalue weighted by Crippen LogP contribution is -2.45. The summed E-state index contributed by atoms with van der Waals surface area (Å²) in [6.45, 7) is 4.79. The molecule has 0 rings (SSSR count). The zero-order valence-electron chi connectivity index (χ0n) is 42.8. The summed E-state index contributed by atoms with van der Waals surface area (Å²) < 4.78 is 5.41. The molecule has 0 aliphatic heterocycles. The molecule has 0 radical (unpaired) electrons. The van der Waals surface area contributed by atoms with Crippen molar-refractivity contribution in [3.63, 3.8) is 0 Å². The number of nitrogens with one attached hydrogen (secondary N) is 1. The lowest BCUT2D eigenvalue weighted by atomic mass is 10.0. The first-order valence-corrected chi connectivity index (χ1v) is 28.3. The van der Waals surface area contributed by atoms with Crippen LogP contribution in [0.3, 0.4) is 0 Å². The van der Waals surface area contributed by atoms with Crippen molar-refractivity contribution in [1.29, 1.82) is 0 Å². The molecule has 6 heteroatoms. The van der Waals surface area contributed by atoms with E-state index in [1.807, 2.05) is 6.08 Å². The zero-order chi connectivity index (χ0) is 46.5. The molecule has 0 fully saturated rings. The molecule has 0 saturated carbocycles. The normalized spacial score (nSPS) is 12.9. The minimum atomic E-state index is -0.847. The van der Waals surface area contributed by atoms with Gasteiger partial charge in [0, 0.05) is 12.8 Å². The fourth-order valence-corrected chi connectivity index (χ4v) is 8.59. The van der Waals surface area contributed by atoms with Gasteiger partial charge < -0.3 is 20.3 Å². The van der Waals surface area contributed by atoms with E-state index in [-0.39, 0.29) is 18.5 Å². The number of carbonyl (C=O) groups is 2. The first-order chi connectivity index (χ1) is 31.5. The second-order valence-electron chi connectivity index (χ2n) is 19.3. The maximum absolute atomic E-state index is 12.4. The molecule has 2 unspecified atom stereocenters. The number of ether oxygens (including phenoxy) is 1. The molecule has 0 aliphatic carbocycles. The summed E-state index contributed by atoms with van der Waals surface area (Å²) in [6.07, 6.45) is 66.1. The third kappa shape index (κ3) is 49.5. The SMILES string of the molecule is CCCCCCCCCCCCC/C=C/C(O)C(CO)NC(=O)CCCCCCCCCCCCCCCC/C=C\C/C=C\CCOC(=O)CCCCCCCCCCCCCCC. The molecule has 0 aromatic carbocycles. The third-order valence-electron chi connectivity index (χ3n) is 12.9. The van der Waals surface area contributed by atoms with Crippen LogP contribution in [0.15, 0.2) is 36.5 Å². The molecule has 0 aromatic heterocycles. The van der Waals surface area contributed by atoms with Crippen LogP contribution in [0.4, 0.5) is 0 Å². The van der Waals surface area contributed by atoms with Gasteiger partial charge in [0.15, 0.2) is 0 Å². The molecule has 0 aromatic rings. The monoisotopic (exact) mass is 900 g/mol. The van der Waals surface area contributed by atoms with Crippen LogP contribution >= 0.6 is 0 Å². The summed E-state index contributed by atoms with van der Waals surface area (Å²) >= 11 is 0. The van der Waals surface area contributed by atoms with E-state index in [0.717, 1.165) is 51.4 Å². The van der Waals surface area contributed by atoms with Crippen molar-refractivity contribution in [2.75, 3.05) is 13.2 Å². The minimum Gasteiger partial charge on any atom is -0.465 e. The van der Waals surface area contributed by atoms with Gasteiger partial charge in [0.2, 0.25) is 5.91 Å². The van der Waals surface area contributed by atoms with Crippen LogP contribution in [0.25, 0.3) is 0 Å². The Labute approximate surface area is 398 Å². The highest BCUT2D eigenvalue weighted by atomic mass is 16.5. The Morgan fingerprint density at radius 3 is 1.19 bits per heavy atom. The maximum Gasteiger partial charge on any atom is 0.305 e. The summed E-state index contributed by atoms with van der Waals surface area (Å²) in [5.74, 6) is -0.108. The van der Waals surface area contributed by atoms with E-state index in [4.69, 9.17) is 4.74 Å². The Hall–Kier alpha value is -1.92. The van der Waals surface area contributed by atoms with Crippen molar-refractivity contribution < 1.29 is 24.5 Å². The molecule has 376 valence electrons. The van der Waals surface area contributed by atoms with E-state index >= 15 is 0 Å². The van der Waals surface area contributed by atoms with Crippen molar-refractivity contribution in [3.8, 4) is 0 Å². The predicted octanol–water partition coefficient (Wildman–Crippen LogP) is 17.2. The number of aliphatic hydroxyl groups is 2. The zero-order valence-corrected chi connectivity index (χ0v) is 42.8. The number of carbonyl (C=O) groups excluding carboxylic acids is 2. The van der Waals surface area contributed by atoms with Crippen LogP contribution in [-0.4, -0.2) is 47.4 Å².